The molecule has 0 aromatic heterocycles. The van der Waals surface area contributed by atoms with E-state index in [2.05, 4.69) is 24.7 Å². The predicted octanol–water partition coefficient (Wildman–Crippen LogP) is 0.485. The molecule has 0 saturated carbocycles. The van der Waals surface area contributed by atoms with Crippen LogP contribution < -0.4 is 0 Å². The first-order valence-corrected chi connectivity index (χ1v) is 5.63. The maximum atomic E-state index is 2.62. The molecule has 0 radical (unpaired) electrons. The van der Waals surface area contributed by atoms with E-state index in [4.69, 9.17) is 0 Å². The van der Waals surface area contributed by atoms with Crippen molar-refractivity contribution in [1.29, 1.82) is 0 Å². The van der Waals surface area contributed by atoms with Crippen molar-refractivity contribution in [2.24, 2.45) is 0 Å². The van der Waals surface area contributed by atoms with Crippen molar-refractivity contribution in [2.75, 3.05) is 26.7 Å². The average Bonchev–Trinajstić information content (AvgIpc) is 2.11. The molecular weight excluding hydrogens is 159 g/mol. The number of rotatable bonds is 0. The maximum Gasteiger partial charge on any atom is 0.185 e. The first-order chi connectivity index (χ1) is 6.23. The number of hydrogen-bond acceptors (Lipinski definition) is 2. The number of piperidine rings is 2. The zero-order chi connectivity index (χ0) is 9.31. The van der Waals surface area contributed by atoms with Crippen molar-refractivity contribution in [3.05, 3.63) is 0 Å². The van der Waals surface area contributed by atoms with Crippen LogP contribution in [0.1, 0.15) is 32.1 Å². The largest absolute Gasteiger partial charge is 0.347 e. The van der Waals surface area contributed by atoms with Crippen LogP contribution in [0.5, 0.6) is 0 Å². The Balaban J connectivity index is 2.07. The molecule has 74 valence electrons. The number of likely N-dealkylation sites (tertiary alicyclic amines) is 1. The van der Waals surface area contributed by atoms with Crippen molar-refractivity contribution in [1.82, 2.24) is 9.71 Å². The van der Waals surface area contributed by atoms with Gasteiger partial charge in [-0.2, -0.15) is 0 Å². The molecule has 2 aliphatic heterocycles. The van der Waals surface area contributed by atoms with Crippen LogP contribution in [0.4, 0.5) is 0 Å². The molecule has 2 heterocycles. The molecule has 1 unspecified atom stereocenters. The zero-order valence-electron chi connectivity index (χ0n) is 9.05. The van der Waals surface area contributed by atoms with E-state index in [0.29, 0.717) is 5.54 Å². The van der Waals surface area contributed by atoms with Gasteiger partial charge < -0.3 is 4.81 Å². The summed E-state index contributed by atoms with van der Waals surface area (Å²) < 4.78 is 0. The zero-order valence-corrected chi connectivity index (χ0v) is 9.05. The van der Waals surface area contributed by atoms with Crippen LogP contribution in [0.25, 0.3) is 0 Å². The van der Waals surface area contributed by atoms with E-state index in [1.54, 1.807) is 0 Å². The molecule has 2 nitrogen and oxygen atoms in total. The van der Waals surface area contributed by atoms with Gasteiger partial charge in [-0.05, 0) is 45.8 Å². The molecule has 0 aliphatic carbocycles. The minimum absolute atomic E-state index is 0.547. The minimum Gasteiger partial charge on any atom is -0.347 e. The summed E-state index contributed by atoms with van der Waals surface area (Å²) in [6, 6.07) is 0. The Kier molecular flexibility index (Phi) is 2.66. The van der Waals surface area contributed by atoms with E-state index in [9.17, 15) is 0 Å². The first-order valence-electron chi connectivity index (χ1n) is 5.63. The highest BCUT2D eigenvalue weighted by atomic mass is 15.2. The Hall–Kier alpha value is -0.0151. The number of likely N-dealkylation sites (N-methyl/N-ethyl adjacent to an activating group) is 1. The fraction of sp³-hybridized carbons (Fsp3) is 1.00. The van der Waals surface area contributed by atoms with Crippen LogP contribution in [0.2, 0.25) is 0 Å². The van der Waals surface area contributed by atoms with Gasteiger partial charge in [-0.25, -0.2) is 0 Å². The number of hydrogen-bond donors (Lipinski definition) is 0. The lowest BCUT2D eigenvalue weighted by Gasteiger charge is -2.50. The summed E-state index contributed by atoms with van der Waals surface area (Å²) in [6.07, 6.45) is 7.09. The molecule has 1 spiro atoms. The Labute approximate surface area is 82.7 Å². The third-order valence-electron chi connectivity index (χ3n) is 3.94. The lowest BCUT2D eigenvalue weighted by Crippen LogP contribution is -2.58. The summed E-state index contributed by atoms with van der Waals surface area (Å²) >= 11 is 0. The van der Waals surface area contributed by atoms with E-state index in [1.165, 1.54) is 51.7 Å². The summed E-state index contributed by atoms with van der Waals surface area (Å²) in [4.78, 5) is 5.12. The Morgan fingerprint density at radius 2 is 1.85 bits per heavy atom. The Morgan fingerprint density at radius 1 is 1.08 bits per heavy atom. The van der Waals surface area contributed by atoms with E-state index < -0.39 is 0 Å². The van der Waals surface area contributed by atoms with Gasteiger partial charge >= 0.3 is 0 Å². The molecule has 0 amide bonds. The van der Waals surface area contributed by atoms with E-state index >= 15 is 0 Å². The van der Waals surface area contributed by atoms with Crippen LogP contribution in [-0.4, -0.2) is 49.9 Å². The van der Waals surface area contributed by atoms with Crippen molar-refractivity contribution in [3.8, 4) is 0 Å². The van der Waals surface area contributed by atoms with Gasteiger partial charge in [0.15, 0.2) is 7.98 Å². The van der Waals surface area contributed by atoms with Gasteiger partial charge in [0.05, 0.1) is 0 Å². The van der Waals surface area contributed by atoms with Crippen molar-refractivity contribution >= 4 is 7.98 Å². The highest BCUT2D eigenvalue weighted by Gasteiger charge is 2.38. The van der Waals surface area contributed by atoms with Crippen LogP contribution in [-0.2, 0) is 0 Å². The van der Waals surface area contributed by atoms with Gasteiger partial charge in [0.25, 0.3) is 0 Å². The quantitative estimate of drug-likeness (QED) is 0.500. The molecule has 0 N–H and O–H groups in total. The molecule has 1 atom stereocenters. The number of nitrogens with zero attached hydrogens (tertiary/aromatic N) is 2. The van der Waals surface area contributed by atoms with E-state index in [1.807, 2.05) is 0 Å². The fourth-order valence-electron chi connectivity index (χ4n) is 3.09. The molecule has 3 heteroatoms. The summed E-state index contributed by atoms with van der Waals surface area (Å²) in [7, 11) is 4.58. The van der Waals surface area contributed by atoms with Gasteiger partial charge in [-0.15, -0.1) is 0 Å². The molecular formula is C10H21BN2. The van der Waals surface area contributed by atoms with Crippen LogP contribution in [0, 0.1) is 0 Å². The minimum atomic E-state index is 0.547. The van der Waals surface area contributed by atoms with Crippen LogP contribution in [0.3, 0.4) is 0 Å². The van der Waals surface area contributed by atoms with Gasteiger partial charge in [-0.1, -0.05) is 6.42 Å². The molecule has 0 aromatic rings. The second-order valence-corrected chi connectivity index (χ2v) is 4.94. The third-order valence-corrected chi connectivity index (χ3v) is 3.94. The normalized spacial score (nSPS) is 38.2. The van der Waals surface area contributed by atoms with Crippen LogP contribution >= 0.6 is 0 Å². The van der Waals surface area contributed by atoms with E-state index in [-0.39, 0.29) is 0 Å². The summed E-state index contributed by atoms with van der Waals surface area (Å²) in [5.41, 5.74) is 0.547. The molecule has 0 aromatic carbocycles. The summed E-state index contributed by atoms with van der Waals surface area (Å²) in [6.45, 7) is 3.91. The van der Waals surface area contributed by atoms with Gasteiger partial charge in [-0.3, -0.25) is 4.90 Å². The second kappa shape index (κ2) is 3.62. The van der Waals surface area contributed by atoms with Crippen molar-refractivity contribution in [3.63, 3.8) is 0 Å². The van der Waals surface area contributed by atoms with Crippen molar-refractivity contribution < 1.29 is 0 Å². The molecule has 13 heavy (non-hydrogen) atoms. The summed E-state index contributed by atoms with van der Waals surface area (Å²) in [5.74, 6) is 0. The third kappa shape index (κ3) is 1.77. The van der Waals surface area contributed by atoms with Gasteiger partial charge in [0, 0.05) is 12.1 Å². The topological polar surface area (TPSA) is 6.48 Å². The monoisotopic (exact) mass is 180 g/mol. The Bertz CT molecular complexity index is 182. The predicted molar refractivity (Wildman–Crippen MR) is 58.6 cm³/mol. The molecule has 2 rings (SSSR count). The fourth-order valence-corrected chi connectivity index (χ4v) is 3.09. The first kappa shape index (κ1) is 9.54. The molecule has 2 saturated heterocycles. The summed E-state index contributed by atoms with van der Waals surface area (Å²) in [5, 5.41) is 0. The van der Waals surface area contributed by atoms with Crippen molar-refractivity contribution in [2.45, 2.75) is 37.6 Å². The SMILES string of the molecule is BN1CCCC2(CCCCN2C)C1. The lowest BCUT2D eigenvalue weighted by atomic mass is 9.79. The van der Waals surface area contributed by atoms with Gasteiger partial charge in [0.1, 0.15) is 0 Å². The average molecular weight is 180 g/mol. The maximum absolute atomic E-state index is 2.62. The molecule has 0 bridgehead atoms. The lowest BCUT2D eigenvalue weighted by molar-refractivity contribution is 0.0254. The standard InChI is InChI=1S/C10H21BN2/c1-12-7-3-2-5-10(12)6-4-8-13(11)9-10/h2-9,11H2,1H3. The second-order valence-electron chi connectivity index (χ2n) is 4.94. The van der Waals surface area contributed by atoms with Gasteiger partial charge in [0.2, 0.25) is 0 Å². The van der Waals surface area contributed by atoms with Crippen LogP contribution in [0.15, 0.2) is 0 Å². The molecule has 2 fully saturated rings. The van der Waals surface area contributed by atoms with E-state index in [0.717, 1.165) is 0 Å². The smallest absolute Gasteiger partial charge is 0.185 e. The highest BCUT2D eigenvalue weighted by Crippen LogP contribution is 2.34. The Morgan fingerprint density at radius 3 is 2.54 bits per heavy atom. The molecule has 2 aliphatic rings. The highest BCUT2D eigenvalue weighted by molar-refractivity contribution is 6.04.